The lowest BCUT2D eigenvalue weighted by molar-refractivity contribution is -0.120. The molecule has 3 amide bonds. The first-order valence-electron chi connectivity index (χ1n) is 8.68. The summed E-state index contributed by atoms with van der Waals surface area (Å²) in [5.74, 6) is -1.21. The molecule has 0 atom stereocenters. The van der Waals surface area contributed by atoms with E-state index in [1.165, 1.54) is 18.6 Å². The van der Waals surface area contributed by atoms with E-state index in [-0.39, 0.29) is 30.1 Å². The Hall–Kier alpha value is -2.57. The Morgan fingerprint density at radius 1 is 1.00 bits per heavy atom. The van der Waals surface area contributed by atoms with Crippen molar-refractivity contribution in [1.82, 2.24) is 16.0 Å². The van der Waals surface area contributed by atoms with Crippen molar-refractivity contribution in [3.8, 4) is 0 Å². The van der Waals surface area contributed by atoms with E-state index in [0.29, 0.717) is 13.0 Å². The molecule has 0 aromatic heterocycles. The summed E-state index contributed by atoms with van der Waals surface area (Å²) in [6, 6.07) is 6.45. The van der Waals surface area contributed by atoms with Gasteiger partial charge >= 0.3 is 12.0 Å². The molecular formula is C18H25N3O4. The second kappa shape index (κ2) is 9.66. The molecule has 1 fully saturated rings. The molecule has 25 heavy (non-hydrogen) atoms. The van der Waals surface area contributed by atoms with E-state index in [2.05, 4.69) is 16.0 Å². The standard InChI is InChI=1S/C18H25N3O4/c22-16(12-20-18(25)21-15-4-2-1-3-5-15)19-11-10-13-6-8-14(9-7-13)17(23)24/h6-9,15H,1-5,10-12H2,(H,19,22)(H,23,24)(H2,20,21,25). The zero-order chi connectivity index (χ0) is 18.1. The molecule has 4 N–H and O–H groups in total. The summed E-state index contributed by atoms with van der Waals surface area (Å²) < 4.78 is 0. The number of nitrogens with one attached hydrogen (secondary N) is 3. The Balaban J connectivity index is 1.60. The highest BCUT2D eigenvalue weighted by molar-refractivity contribution is 5.87. The van der Waals surface area contributed by atoms with Crippen molar-refractivity contribution in [1.29, 1.82) is 0 Å². The largest absolute Gasteiger partial charge is 0.478 e. The summed E-state index contributed by atoms with van der Waals surface area (Å²) in [5, 5.41) is 17.0. The Labute approximate surface area is 147 Å². The Bertz CT molecular complexity index is 595. The van der Waals surface area contributed by atoms with Crippen molar-refractivity contribution >= 4 is 17.9 Å². The van der Waals surface area contributed by atoms with Gasteiger partial charge in [0.15, 0.2) is 0 Å². The van der Waals surface area contributed by atoms with Gasteiger partial charge in [-0.05, 0) is 37.0 Å². The quantitative estimate of drug-likeness (QED) is 0.602. The van der Waals surface area contributed by atoms with Crippen LogP contribution in [0.25, 0.3) is 0 Å². The second-order valence-electron chi connectivity index (χ2n) is 6.26. The third-order valence-electron chi connectivity index (χ3n) is 4.29. The average molecular weight is 347 g/mol. The van der Waals surface area contributed by atoms with Crippen LogP contribution < -0.4 is 16.0 Å². The van der Waals surface area contributed by atoms with Crippen molar-refractivity contribution in [3.63, 3.8) is 0 Å². The number of hydrogen-bond acceptors (Lipinski definition) is 3. The summed E-state index contributed by atoms with van der Waals surface area (Å²) >= 11 is 0. The maximum absolute atomic E-state index is 11.7. The number of amides is 3. The molecule has 136 valence electrons. The number of carboxylic acid groups (broad SMARTS) is 1. The van der Waals surface area contributed by atoms with E-state index < -0.39 is 5.97 Å². The van der Waals surface area contributed by atoms with E-state index >= 15 is 0 Å². The van der Waals surface area contributed by atoms with Gasteiger partial charge < -0.3 is 21.1 Å². The van der Waals surface area contributed by atoms with E-state index in [1.807, 2.05) is 0 Å². The van der Waals surface area contributed by atoms with Gasteiger partial charge in [0.25, 0.3) is 0 Å². The third-order valence-corrected chi connectivity index (χ3v) is 4.29. The molecule has 1 saturated carbocycles. The minimum atomic E-state index is -0.961. The number of carbonyl (C=O) groups is 3. The van der Waals surface area contributed by atoms with Gasteiger partial charge in [-0.15, -0.1) is 0 Å². The number of carboxylic acids is 1. The van der Waals surface area contributed by atoms with Crippen LogP contribution in [0, 0.1) is 0 Å². The molecule has 1 aliphatic carbocycles. The van der Waals surface area contributed by atoms with Crippen LogP contribution in [0.4, 0.5) is 4.79 Å². The molecule has 2 rings (SSSR count). The van der Waals surface area contributed by atoms with Crippen LogP contribution in [0.5, 0.6) is 0 Å². The monoisotopic (exact) mass is 347 g/mol. The molecule has 0 bridgehead atoms. The lowest BCUT2D eigenvalue weighted by Gasteiger charge is -2.22. The van der Waals surface area contributed by atoms with Crippen molar-refractivity contribution in [3.05, 3.63) is 35.4 Å². The van der Waals surface area contributed by atoms with Crippen molar-refractivity contribution in [2.24, 2.45) is 0 Å². The molecule has 7 heteroatoms. The lowest BCUT2D eigenvalue weighted by Crippen LogP contribution is -2.46. The molecule has 0 saturated heterocycles. The van der Waals surface area contributed by atoms with Crippen LogP contribution in [-0.4, -0.2) is 42.1 Å². The number of hydrogen-bond donors (Lipinski definition) is 4. The maximum Gasteiger partial charge on any atom is 0.335 e. The van der Waals surface area contributed by atoms with Gasteiger partial charge in [-0.25, -0.2) is 9.59 Å². The normalized spacial score (nSPS) is 14.6. The molecule has 0 spiro atoms. The van der Waals surface area contributed by atoms with Gasteiger partial charge in [-0.2, -0.15) is 0 Å². The van der Waals surface area contributed by atoms with Crippen LogP contribution in [-0.2, 0) is 11.2 Å². The van der Waals surface area contributed by atoms with Gasteiger partial charge in [-0.3, -0.25) is 4.79 Å². The number of aromatic carboxylic acids is 1. The first-order valence-corrected chi connectivity index (χ1v) is 8.68. The summed E-state index contributed by atoms with van der Waals surface area (Å²) in [6.07, 6.45) is 6.10. The smallest absolute Gasteiger partial charge is 0.335 e. The number of benzene rings is 1. The zero-order valence-corrected chi connectivity index (χ0v) is 14.2. The predicted octanol–water partition coefficient (Wildman–Crippen LogP) is 1.68. The molecular weight excluding hydrogens is 322 g/mol. The summed E-state index contributed by atoms with van der Waals surface area (Å²) in [7, 11) is 0. The fourth-order valence-electron chi connectivity index (χ4n) is 2.87. The van der Waals surface area contributed by atoms with E-state index in [9.17, 15) is 14.4 Å². The molecule has 0 unspecified atom stereocenters. The number of rotatable bonds is 7. The minimum absolute atomic E-state index is 0.0590. The highest BCUT2D eigenvalue weighted by Gasteiger charge is 2.15. The molecule has 1 aromatic rings. The Morgan fingerprint density at radius 2 is 1.68 bits per heavy atom. The SMILES string of the molecule is O=C(CNC(=O)NC1CCCCC1)NCCc1ccc(C(=O)O)cc1. The van der Waals surface area contributed by atoms with Gasteiger partial charge in [0, 0.05) is 12.6 Å². The second-order valence-corrected chi connectivity index (χ2v) is 6.26. The lowest BCUT2D eigenvalue weighted by atomic mass is 9.96. The van der Waals surface area contributed by atoms with Crippen LogP contribution in [0.1, 0.15) is 48.0 Å². The van der Waals surface area contributed by atoms with Gasteiger partial charge in [0.05, 0.1) is 12.1 Å². The van der Waals surface area contributed by atoms with Crippen molar-refractivity contribution in [2.45, 2.75) is 44.6 Å². The first-order chi connectivity index (χ1) is 12.0. The van der Waals surface area contributed by atoms with Gasteiger partial charge in [0.2, 0.25) is 5.91 Å². The zero-order valence-electron chi connectivity index (χ0n) is 14.2. The van der Waals surface area contributed by atoms with Gasteiger partial charge in [0.1, 0.15) is 0 Å². The van der Waals surface area contributed by atoms with Gasteiger partial charge in [-0.1, -0.05) is 31.4 Å². The van der Waals surface area contributed by atoms with Crippen molar-refractivity contribution in [2.75, 3.05) is 13.1 Å². The van der Waals surface area contributed by atoms with Crippen LogP contribution >= 0.6 is 0 Å². The molecule has 0 aliphatic heterocycles. The fraction of sp³-hybridized carbons (Fsp3) is 0.500. The topological polar surface area (TPSA) is 108 Å². The minimum Gasteiger partial charge on any atom is -0.478 e. The van der Waals surface area contributed by atoms with Crippen LogP contribution in [0.2, 0.25) is 0 Å². The highest BCUT2D eigenvalue weighted by atomic mass is 16.4. The fourth-order valence-corrected chi connectivity index (χ4v) is 2.87. The predicted molar refractivity (Wildman–Crippen MR) is 93.5 cm³/mol. The highest BCUT2D eigenvalue weighted by Crippen LogP contribution is 2.17. The van der Waals surface area contributed by atoms with Crippen LogP contribution in [0.15, 0.2) is 24.3 Å². The van der Waals surface area contributed by atoms with E-state index in [1.54, 1.807) is 12.1 Å². The van der Waals surface area contributed by atoms with E-state index in [0.717, 1.165) is 31.2 Å². The molecule has 1 aromatic carbocycles. The Morgan fingerprint density at radius 3 is 2.32 bits per heavy atom. The Kier molecular flexibility index (Phi) is 7.25. The average Bonchev–Trinajstić information content (AvgIpc) is 2.61. The number of urea groups is 1. The number of carbonyl (C=O) groups excluding carboxylic acids is 2. The summed E-state index contributed by atoms with van der Waals surface area (Å²) in [5.41, 5.74) is 1.18. The summed E-state index contributed by atoms with van der Waals surface area (Å²) in [4.78, 5) is 34.3. The third kappa shape index (κ3) is 6.82. The van der Waals surface area contributed by atoms with Crippen molar-refractivity contribution < 1.29 is 19.5 Å². The van der Waals surface area contributed by atoms with Crippen LogP contribution in [0.3, 0.4) is 0 Å². The molecule has 0 radical (unpaired) electrons. The molecule has 0 heterocycles. The maximum atomic E-state index is 11.7. The first kappa shape index (κ1) is 18.8. The van der Waals surface area contributed by atoms with E-state index in [4.69, 9.17) is 5.11 Å². The molecule has 1 aliphatic rings. The molecule has 7 nitrogen and oxygen atoms in total. The summed E-state index contributed by atoms with van der Waals surface area (Å²) in [6.45, 7) is 0.369.